The van der Waals surface area contributed by atoms with Crippen LogP contribution in [0, 0.1) is 0 Å². The largest absolute Gasteiger partial charge is 0.505 e. The van der Waals surface area contributed by atoms with Crippen LogP contribution in [-0.4, -0.2) is 26.5 Å². The van der Waals surface area contributed by atoms with Crippen molar-refractivity contribution in [3.05, 3.63) is 88.9 Å². The molecule has 0 heterocycles. The van der Waals surface area contributed by atoms with E-state index in [0.29, 0.717) is 16.5 Å². The molecule has 10 heteroatoms. The molecule has 0 aromatic heterocycles. The molecule has 0 unspecified atom stereocenters. The maximum Gasteiger partial charge on any atom is 0.295 e. The van der Waals surface area contributed by atoms with Gasteiger partial charge < -0.3 is 9.84 Å². The topological polar surface area (TPSA) is 117 Å². The average Bonchev–Trinajstić information content (AvgIpc) is 2.85. The van der Waals surface area contributed by atoms with E-state index in [9.17, 15) is 18.3 Å². The number of hydrogen-bond donors (Lipinski definition) is 2. The molecular weight excluding hydrogens is 522 g/mol. The molecule has 0 aliphatic rings. The number of rotatable bonds is 6. The Morgan fingerprint density at radius 3 is 2.38 bits per heavy atom. The molecule has 0 atom stereocenters. The molecule has 2 N–H and O–H groups in total. The van der Waals surface area contributed by atoms with Gasteiger partial charge in [-0.2, -0.15) is 0 Å². The van der Waals surface area contributed by atoms with Gasteiger partial charge >= 0.3 is 0 Å². The van der Waals surface area contributed by atoms with E-state index in [1.165, 1.54) is 31.4 Å². The minimum absolute atomic E-state index is 0.0595. The fourth-order valence-corrected chi connectivity index (χ4v) is 4.57. The van der Waals surface area contributed by atoms with E-state index < -0.39 is 15.9 Å². The van der Waals surface area contributed by atoms with Crippen LogP contribution in [0.15, 0.2) is 98.5 Å². The second-order valence-corrected chi connectivity index (χ2v) is 9.73. The molecule has 4 rings (SSSR count). The molecule has 0 radical (unpaired) electrons. The molecule has 0 aliphatic carbocycles. The number of nitrogens with zero attached hydrogens (tertiary/aromatic N) is 2. The van der Waals surface area contributed by atoms with E-state index in [4.69, 9.17) is 4.74 Å². The van der Waals surface area contributed by atoms with E-state index in [0.717, 1.165) is 4.47 Å². The van der Waals surface area contributed by atoms with E-state index in [-0.39, 0.29) is 27.6 Å². The average molecular weight is 540 g/mol. The summed E-state index contributed by atoms with van der Waals surface area (Å²) in [5, 5.41) is 19.1. The zero-order valence-corrected chi connectivity index (χ0v) is 20.2. The second kappa shape index (κ2) is 9.62. The lowest BCUT2D eigenvalue weighted by Gasteiger charge is -2.13. The first-order valence-electron chi connectivity index (χ1n) is 9.92. The maximum absolute atomic E-state index is 13.0. The van der Waals surface area contributed by atoms with Crippen LogP contribution in [-0.2, 0) is 10.0 Å². The number of ether oxygens (including phenoxy) is 1. The molecule has 34 heavy (non-hydrogen) atoms. The minimum atomic E-state index is -3.94. The van der Waals surface area contributed by atoms with Crippen molar-refractivity contribution in [2.24, 2.45) is 10.2 Å². The summed E-state index contributed by atoms with van der Waals surface area (Å²) in [6.07, 6.45) is 0. The minimum Gasteiger partial charge on any atom is -0.505 e. The first-order valence-corrected chi connectivity index (χ1v) is 12.2. The Labute approximate surface area is 204 Å². The highest BCUT2D eigenvalue weighted by Crippen LogP contribution is 2.40. The summed E-state index contributed by atoms with van der Waals surface area (Å²) in [5.74, 6) is -0.396. The summed E-state index contributed by atoms with van der Waals surface area (Å²) in [6.45, 7) is 0. The van der Waals surface area contributed by atoms with Gasteiger partial charge in [0.25, 0.3) is 15.9 Å². The molecule has 172 valence electrons. The monoisotopic (exact) mass is 539 g/mol. The van der Waals surface area contributed by atoms with Crippen molar-refractivity contribution >= 4 is 54.0 Å². The zero-order valence-electron chi connectivity index (χ0n) is 17.8. The van der Waals surface area contributed by atoms with Gasteiger partial charge in [-0.05, 0) is 48.5 Å². The third-order valence-corrected chi connectivity index (χ3v) is 6.84. The van der Waals surface area contributed by atoms with E-state index in [1.807, 2.05) is 0 Å². The molecule has 0 bridgehead atoms. The number of halogens is 1. The van der Waals surface area contributed by atoms with Gasteiger partial charge in [0.15, 0.2) is 5.75 Å². The number of anilines is 1. The smallest absolute Gasteiger partial charge is 0.295 e. The quantitative estimate of drug-likeness (QED) is 0.228. The van der Waals surface area contributed by atoms with Crippen molar-refractivity contribution in [2.45, 2.75) is 4.90 Å². The molecule has 1 amide bonds. The summed E-state index contributed by atoms with van der Waals surface area (Å²) in [7, 11) is -2.46. The van der Waals surface area contributed by atoms with Crippen molar-refractivity contribution in [3.63, 3.8) is 0 Å². The van der Waals surface area contributed by atoms with E-state index in [1.54, 1.807) is 54.6 Å². The van der Waals surface area contributed by atoms with Crippen molar-refractivity contribution in [3.8, 4) is 11.5 Å². The molecule has 0 spiro atoms. The predicted octanol–water partition coefficient (Wildman–Crippen LogP) is 6.04. The van der Waals surface area contributed by atoms with Crippen LogP contribution in [0.1, 0.15) is 10.4 Å². The van der Waals surface area contributed by atoms with Crippen LogP contribution < -0.4 is 9.46 Å². The van der Waals surface area contributed by atoms with Gasteiger partial charge in [-0.15, -0.1) is 10.2 Å². The van der Waals surface area contributed by atoms with Crippen molar-refractivity contribution < 1.29 is 23.1 Å². The highest BCUT2D eigenvalue weighted by Gasteiger charge is 2.19. The lowest BCUT2D eigenvalue weighted by molar-refractivity contribution is 0.0994. The molecule has 8 nitrogen and oxygen atoms in total. The van der Waals surface area contributed by atoms with Gasteiger partial charge in [-0.1, -0.05) is 46.3 Å². The predicted molar refractivity (Wildman–Crippen MR) is 132 cm³/mol. The highest BCUT2D eigenvalue weighted by molar-refractivity contribution is 9.10. The third-order valence-electron chi connectivity index (χ3n) is 4.93. The van der Waals surface area contributed by atoms with Crippen LogP contribution >= 0.6 is 15.9 Å². The first kappa shape index (κ1) is 23.4. The number of azo groups is 1. The third kappa shape index (κ3) is 4.92. The van der Waals surface area contributed by atoms with Crippen LogP contribution in [0.4, 0.5) is 11.4 Å². The number of fused-ring (bicyclic) bond motifs is 1. The number of aromatic hydroxyl groups is 1. The van der Waals surface area contributed by atoms with Gasteiger partial charge in [-0.3, -0.25) is 9.52 Å². The van der Waals surface area contributed by atoms with Gasteiger partial charge in [-0.25, -0.2) is 8.42 Å². The lowest BCUT2D eigenvalue weighted by atomic mass is 10.1. The van der Waals surface area contributed by atoms with Crippen LogP contribution in [0.2, 0.25) is 0 Å². The Bertz CT molecular complexity index is 1520. The Morgan fingerprint density at radius 2 is 1.68 bits per heavy atom. The van der Waals surface area contributed by atoms with Crippen LogP contribution in [0.5, 0.6) is 11.5 Å². The Morgan fingerprint density at radius 1 is 0.971 bits per heavy atom. The SMILES string of the molecule is COc1cccc(C(=O)N=Nc2cc(NS(=O)(=O)c3ccc(Br)cc3)c3ccccc3c2O)c1. The summed E-state index contributed by atoms with van der Waals surface area (Å²) in [6, 6.07) is 20.6. The van der Waals surface area contributed by atoms with E-state index >= 15 is 0 Å². The number of nitrogens with one attached hydrogen (secondary N) is 1. The molecule has 0 saturated carbocycles. The zero-order chi connectivity index (χ0) is 24.3. The number of hydrogen-bond acceptors (Lipinski definition) is 6. The number of methoxy groups -OCH3 is 1. The molecule has 0 saturated heterocycles. The standard InChI is InChI=1S/C24H18BrN3O5S/c1-33-17-6-4-5-15(13-17)24(30)27-26-22-14-21(19-7-2-3-8-20(19)23(22)29)28-34(31,32)18-11-9-16(25)10-12-18/h2-14,28-29H,1H3. The second-order valence-electron chi connectivity index (χ2n) is 7.13. The van der Waals surface area contributed by atoms with Crippen molar-refractivity contribution in [1.29, 1.82) is 0 Å². The number of amides is 1. The van der Waals surface area contributed by atoms with Gasteiger partial charge in [0, 0.05) is 20.8 Å². The lowest BCUT2D eigenvalue weighted by Crippen LogP contribution is -2.13. The van der Waals surface area contributed by atoms with Crippen molar-refractivity contribution in [1.82, 2.24) is 0 Å². The Hall–Kier alpha value is -3.76. The summed E-state index contributed by atoms with van der Waals surface area (Å²) < 4.78 is 34.3. The molecular formula is C24H18BrN3O5S. The number of carbonyl (C=O) groups is 1. The first-order chi connectivity index (χ1) is 16.3. The van der Waals surface area contributed by atoms with Gasteiger partial charge in [0.2, 0.25) is 0 Å². The summed E-state index contributed by atoms with van der Waals surface area (Å²) >= 11 is 3.28. The van der Waals surface area contributed by atoms with Gasteiger partial charge in [0.1, 0.15) is 11.4 Å². The normalized spacial score (nSPS) is 11.6. The van der Waals surface area contributed by atoms with Gasteiger partial charge in [0.05, 0.1) is 17.7 Å². The number of benzene rings is 4. The van der Waals surface area contributed by atoms with Crippen LogP contribution in [0.3, 0.4) is 0 Å². The molecule has 4 aromatic carbocycles. The number of phenols is 1. The van der Waals surface area contributed by atoms with Crippen molar-refractivity contribution in [2.75, 3.05) is 11.8 Å². The fourth-order valence-electron chi connectivity index (χ4n) is 3.24. The number of sulfonamides is 1. The number of carbonyl (C=O) groups excluding carboxylic acids is 1. The summed E-state index contributed by atoms with van der Waals surface area (Å²) in [4.78, 5) is 12.5. The van der Waals surface area contributed by atoms with E-state index in [2.05, 4.69) is 30.9 Å². The molecule has 0 aliphatic heterocycles. The number of phenolic OH excluding ortho intramolecular Hbond substituents is 1. The molecule has 0 fully saturated rings. The summed E-state index contributed by atoms with van der Waals surface area (Å²) in [5.41, 5.74) is 0.363. The Balaban J connectivity index is 1.74. The highest BCUT2D eigenvalue weighted by atomic mass is 79.9. The van der Waals surface area contributed by atoms with Crippen LogP contribution in [0.25, 0.3) is 10.8 Å². The maximum atomic E-state index is 13.0. The molecule has 4 aromatic rings. The Kier molecular flexibility index (Phi) is 6.62. The fraction of sp³-hybridized carbons (Fsp3) is 0.0417.